The van der Waals surface area contributed by atoms with Gasteiger partial charge in [-0.25, -0.2) is 0 Å². The fourth-order valence-corrected chi connectivity index (χ4v) is 18.1. The van der Waals surface area contributed by atoms with Crippen LogP contribution in [0.2, 0.25) is 0 Å². The van der Waals surface area contributed by atoms with Crippen molar-refractivity contribution in [3.8, 4) is 106 Å². The highest BCUT2D eigenvalue weighted by Crippen LogP contribution is 2.65. The highest BCUT2D eigenvalue weighted by atomic mass is 15.1. The zero-order valence-corrected chi connectivity index (χ0v) is 54.7. The largest absolute Gasteiger partial charge is 0.311 e. The Labute approximate surface area is 581 Å². The molecule has 16 aromatic carbocycles. The van der Waals surface area contributed by atoms with Crippen LogP contribution in [0.25, 0.3) is 128 Å². The minimum Gasteiger partial charge on any atom is -0.311 e. The van der Waals surface area contributed by atoms with Gasteiger partial charge in [-0.2, -0.15) is 0 Å². The fourth-order valence-electron chi connectivity index (χ4n) is 18.1. The summed E-state index contributed by atoms with van der Waals surface area (Å²) >= 11 is 0. The van der Waals surface area contributed by atoms with Crippen molar-refractivity contribution in [2.24, 2.45) is 0 Å². The van der Waals surface area contributed by atoms with Gasteiger partial charge in [0, 0.05) is 33.5 Å². The first-order chi connectivity index (χ1) is 49.6. The summed E-state index contributed by atoms with van der Waals surface area (Å²) in [7, 11) is 0. The Hall–Kier alpha value is -12.9. The number of anilines is 3. The molecule has 1 heterocycles. The van der Waals surface area contributed by atoms with Crippen molar-refractivity contribution in [1.82, 2.24) is 4.57 Å². The second-order valence-corrected chi connectivity index (χ2v) is 27.3. The lowest BCUT2D eigenvalue weighted by Crippen LogP contribution is -2.25. The van der Waals surface area contributed by atoms with Crippen molar-refractivity contribution >= 4 is 38.9 Å². The summed E-state index contributed by atoms with van der Waals surface area (Å²) in [5.74, 6) is 0. The first-order valence-electron chi connectivity index (χ1n) is 34.9. The average Bonchev–Trinajstić information content (AvgIpc) is 1.52. The average molecular weight is 1270 g/mol. The van der Waals surface area contributed by atoms with Crippen molar-refractivity contribution in [3.05, 3.63) is 421 Å². The fraction of sp³-hybridized carbons (Fsp3) is 0.0204. The molecule has 0 saturated heterocycles. The molecule has 1 aromatic heterocycles. The Morgan fingerprint density at radius 2 is 0.430 bits per heavy atom. The van der Waals surface area contributed by atoms with Crippen molar-refractivity contribution < 1.29 is 0 Å². The van der Waals surface area contributed by atoms with Crippen molar-refractivity contribution in [2.45, 2.75) is 10.8 Å². The minimum absolute atomic E-state index is 0.437. The van der Waals surface area contributed by atoms with E-state index in [9.17, 15) is 0 Å². The molecular formula is C98H62N2. The predicted octanol–water partition coefficient (Wildman–Crippen LogP) is 25.3. The zero-order chi connectivity index (χ0) is 65.6. The van der Waals surface area contributed by atoms with Crippen LogP contribution in [0.15, 0.2) is 376 Å². The molecule has 0 fully saturated rings. The molecule has 4 aliphatic carbocycles. The molecule has 4 aliphatic rings. The molecule has 2 spiro atoms. The summed E-state index contributed by atoms with van der Waals surface area (Å²) in [5.41, 5.74) is 39.1. The number of aromatic nitrogens is 1. The third-order valence-corrected chi connectivity index (χ3v) is 22.5. The van der Waals surface area contributed by atoms with Crippen LogP contribution in [-0.2, 0) is 10.8 Å². The van der Waals surface area contributed by atoms with Gasteiger partial charge in [-0.05, 0) is 230 Å². The number of nitrogens with zero attached hydrogens (tertiary/aromatic N) is 2. The first kappa shape index (κ1) is 56.3. The number of para-hydroxylation sites is 1. The van der Waals surface area contributed by atoms with Gasteiger partial charge in [0.05, 0.1) is 21.9 Å². The van der Waals surface area contributed by atoms with Crippen LogP contribution in [0.1, 0.15) is 44.5 Å². The van der Waals surface area contributed by atoms with Crippen molar-refractivity contribution in [1.29, 1.82) is 0 Å². The third-order valence-electron chi connectivity index (χ3n) is 22.5. The quantitative estimate of drug-likeness (QED) is 0.140. The van der Waals surface area contributed by atoms with E-state index in [4.69, 9.17) is 0 Å². The van der Waals surface area contributed by atoms with Crippen molar-refractivity contribution in [2.75, 3.05) is 4.90 Å². The van der Waals surface area contributed by atoms with Gasteiger partial charge in [-0.1, -0.05) is 291 Å². The summed E-state index contributed by atoms with van der Waals surface area (Å²) < 4.78 is 2.48. The van der Waals surface area contributed by atoms with Crippen LogP contribution in [0.4, 0.5) is 17.1 Å². The van der Waals surface area contributed by atoms with Crippen molar-refractivity contribution in [3.63, 3.8) is 0 Å². The molecule has 21 rings (SSSR count). The van der Waals surface area contributed by atoms with Gasteiger partial charge in [0.25, 0.3) is 0 Å². The summed E-state index contributed by atoms with van der Waals surface area (Å²) in [6, 6.07) is 141. The van der Waals surface area contributed by atoms with E-state index in [0.717, 1.165) is 33.8 Å². The van der Waals surface area contributed by atoms with E-state index in [2.05, 4.69) is 386 Å². The molecule has 2 nitrogen and oxygen atoms in total. The second-order valence-electron chi connectivity index (χ2n) is 27.3. The number of hydrogen-bond donors (Lipinski definition) is 0. The molecule has 0 radical (unpaired) electrons. The topological polar surface area (TPSA) is 8.17 Å². The van der Waals surface area contributed by atoms with Gasteiger partial charge in [-0.15, -0.1) is 0 Å². The van der Waals surface area contributed by atoms with Gasteiger partial charge in [0.1, 0.15) is 0 Å². The third kappa shape index (κ3) is 8.07. The summed E-state index contributed by atoms with van der Waals surface area (Å²) in [5, 5.41) is 2.43. The van der Waals surface area contributed by atoms with Gasteiger partial charge in [0.2, 0.25) is 0 Å². The molecule has 0 atom stereocenters. The molecule has 100 heavy (non-hydrogen) atoms. The summed E-state index contributed by atoms with van der Waals surface area (Å²) in [6.45, 7) is 0. The lowest BCUT2D eigenvalue weighted by molar-refractivity contribution is 0.794. The van der Waals surface area contributed by atoms with Crippen LogP contribution in [0.5, 0.6) is 0 Å². The number of fused-ring (bicyclic) bond motifs is 23. The van der Waals surface area contributed by atoms with Gasteiger partial charge in [0.15, 0.2) is 0 Å². The second kappa shape index (κ2) is 21.8. The van der Waals surface area contributed by atoms with Crippen LogP contribution in [0, 0.1) is 0 Å². The monoisotopic (exact) mass is 1270 g/mol. The molecule has 0 unspecified atom stereocenters. The van der Waals surface area contributed by atoms with E-state index in [-0.39, 0.29) is 0 Å². The molecule has 0 N–H and O–H groups in total. The van der Waals surface area contributed by atoms with E-state index >= 15 is 0 Å². The van der Waals surface area contributed by atoms with E-state index < -0.39 is 10.8 Å². The SMILES string of the molecule is c1ccc(-c2ccc(N(c3ccccc3)c3ccc(-c4ccc(-c5ccc(-n6c7ccc(-c8ccc9c(c8)C8(c%10ccccc%10-c%10ccccc%108)c8ccccc8-9)cc7c7cc(-c8ccc9c(c8)C8(c%10ccccc%10-c%10ccccc%108)c8ccccc8-9)ccc76)cc5)cc4)cc3)cc2)cc1. The summed E-state index contributed by atoms with van der Waals surface area (Å²) in [6.07, 6.45) is 0. The summed E-state index contributed by atoms with van der Waals surface area (Å²) in [4.78, 5) is 2.33. The predicted molar refractivity (Wildman–Crippen MR) is 415 cm³/mol. The van der Waals surface area contributed by atoms with Crippen LogP contribution < -0.4 is 4.90 Å². The van der Waals surface area contributed by atoms with E-state index in [1.165, 1.54) is 155 Å². The molecular weight excluding hydrogens is 1210 g/mol. The maximum Gasteiger partial charge on any atom is 0.0725 e. The van der Waals surface area contributed by atoms with E-state index in [0.29, 0.717) is 0 Å². The molecule has 464 valence electrons. The first-order valence-corrected chi connectivity index (χ1v) is 34.9. The van der Waals surface area contributed by atoms with Gasteiger partial charge < -0.3 is 9.47 Å². The zero-order valence-electron chi connectivity index (χ0n) is 54.7. The highest BCUT2D eigenvalue weighted by molar-refractivity contribution is 6.12. The molecule has 0 saturated carbocycles. The van der Waals surface area contributed by atoms with E-state index in [1.54, 1.807) is 0 Å². The molecule has 17 aromatic rings. The molecule has 0 amide bonds. The Kier molecular flexibility index (Phi) is 12.3. The number of hydrogen-bond acceptors (Lipinski definition) is 1. The smallest absolute Gasteiger partial charge is 0.0725 e. The van der Waals surface area contributed by atoms with Crippen LogP contribution >= 0.6 is 0 Å². The Morgan fingerprint density at radius 3 is 0.790 bits per heavy atom. The molecule has 2 heteroatoms. The number of benzene rings is 16. The Morgan fingerprint density at radius 1 is 0.180 bits per heavy atom. The maximum absolute atomic E-state index is 2.52. The lowest BCUT2D eigenvalue weighted by Gasteiger charge is -2.30. The Bertz CT molecular complexity index is 5800. The normalized spacial score (nSPS) is 13.4. The lowest BCUT2D eigenvalue weighted by atomic mass is 9.70. The number of rotatable bonds is 9. The Balaban J connectivity index is 0.666. The molecule has 0 bridgehead atoms. The van der Waals surface area contributed by atoms with Gasteiger partial charge >= 0.3 is 0 Å². The maximum atomic E-state index is 2.52. The highest BCUT2D eigenvalue weighted by Gasteiger charge is 2.53. The minimum atomic E-state index is -0.437. The van der Waals surface area contributed by atoms with Crippen LogP contribution in [0.3, 0.4) is 0 Å². The van der Waals surface area contributed by atoms with E-state index in [1.807, 2.05) is 0 Å². The van der Waals surface area contributed by atoms with Crippen LogP contribution in [-0.4, -0.2) is 4.57 Å². The molecule has 0 aliphatic heterocycles. The van der Waals surface area contributed by atoms with Gasteiger partial charge in [-0.3, -0.25) is 0 Å². The standard InChI is InChI=1S/C98H62N2/c1-3-19-63(20-4-1)66-39-49-74(50-40-66)99(73-21-5-2-6-22-73)75-51-41-67(42-52-75)64-35-37-65(38-36-64)68-43-53-76(54-44-68)100-95-57-47-69(71-45-55-83-81-27-11-17-33-91(81)97(93(83)61-71)87-29-13-7-23-77(87)78-24-8-14-30-88(78)97)59-85(95)86-60-70(48-58-96(86)100)72-46-56-84-82-28-12-18-34-92(82)98(94(84)62-72)89-31-15-9-25-79(89)80-26-10-16-32-90(80)98/h1-62H.